The van der Waals surface area contributed by atoms with E-state index >= 15 is 0 Å². The van der Waals surface area contributed by atoms with Crippen molar-refractivity contribution in [3.8, 4) is 5.75 Å². The molecule has 184 valence electrons. The van der Waals surface area contributed by atoms with E-state index in [2.05, 4.69) is 5.32 Å². The SMILES string of the molecule is COc1ccccc1CN(C(=O)Nc1ccccc1C(F)(F)F)C(c1ccccc1)c1ccccc1. The van der Waals surface area contributed by atoms with Crippen molar-refractivity contribution in [3.63, 3.8) is 0 Å². The number of para-hydroxylation sites is 2. The Kier molecular flexibility index (Phi) is 7.59. The molecule has 0 heterocycles. The zero-order valence-corrected chi connectivity index (χ0v) is 19.6. The van der Waals surface area contributed by atoms with Crippen molar-refractivity contribution in [2.24, 2.45) is 0 Å². The van der Waals surface area contributed by atoms with Crippen molar-refractivity contribution < 1.29 is 22.7 Å². The lowest BCUT2D eigenvalue weighted by Gasteiger charge is -2.33. The summed E-state index contributed by atoms with van der Waals surface area (Å²) in [6.45, 7) is 0.0957. The molecule has 0 radical (unpaired) electrons. The molecule has 0 aliphatic heterocycles. The number of alkyl halides is 3. The van der Waals surface area contributed by atoms with Crippen LogP contribution in [0.3, 0.4) is 0 Å². The predicted molar refractivity (Wildman–Crippen MR) is 134 cm³/mol. The number of methoxy groups -OCH3 is 1. The Labute approximate surface area is 208 Å². The molecule has 4 nitrogen and oxygen atoms in total. The van der Waals surface area contributed by atoms with Crippen LogP contribution in [0.25, 0.3) is 0 Å². The van der Waals surface area contributed by atoms with Crippen LogP contribution in [0.5, 0.6) is 5.75 Å². The number of carbonyl (C=O) groups is 1. The second kappa shape index (κ2) is 11.0. The minimum atomic E-state index is -4.62. The van der Waals surface area contributed by atoms with Gasteiger partial charge < -0.3 is 15.0 Å². The summed E-state index contributed by atoms with van der Waals surface area (Å²) in [5.41, 5.74) is 1.14. The molecule has 7 heteroatoms. The van der Waals surface area contributed by atoms with E-state index < -0.39 is 23.8 Å². The van der Waals surface area contributed by atoms with Gasteiger partial charge in [-0.3, -0.25) is 0 Å². The number of anilines is 1. The molecule has 0 spiro atoms. The molecule has 0 saturated carbocycles. The van der Waals surface area contributed by atoms with Crippen LogP contribution in [0.4, 0.5) is 23.7 Å². The van der Waals surface area contributed by atoms with Crippen LogP contribution in [0, 0.1) is 0 Å². The van der Waals surface area contributed by atoms with Gasteiger partial charge in [-0.05, 0) is 29.3 Å². The van der Waals surface area contributed by atoms with Gasteiger partial charge in [0.2, 0.25) is 0 Å². The molecule has 0 bridgehead atoms. The molecule has 4 aromatic rings. The second-order valence-corrected chi connectivity index (χ2v) is 8.14. The van der Waals surface area contributed by atoms with Crippen LogP contribution in [0.2, 0.25) is 0 Å². The topological polar surface area (TPSA) is 41.6 Å². The Morgan fingerprint density at radius 3 is 1.92 bits per heavy atom. The van der Waals surface area contributed by atoms with Crippen LogP contribution in [0.1, 0.15) is 28.3 Å². The number of nitrogens with one attached hydrogen (secondary N) is 1. The molecule has 0 unspecified atom stereocenters. The smallest absolute Gasteiger partial charge is 0.418 e. The highest BCUT2D eigenvalue weighted by atomic mass is 19.4. The van der Waals surface area contributed by atoms with E-state index in [-0.39, 0.29) is 12.2 Å². The Bertz CT molecular complexity index is 1260. The normalized spacial score (nSPS) is 11.2. The third-order valence-electron chi connectivity index (χ3n) is 5.81. The van der Waals surface area contributed by atoms with E-state index in [1.807, 2.05) is 78.9 Å². The summed E-state index contributed by atoms with van der Waals surface area (Å²) in [6, 6.07) is 29.7. The Hall–Kier alpha value is -4.26. The number of halogens is 3. The van der Waals surface area contributed by atoms with E-state index in [4.69, 9.17) is 4.74 Å². The predicted octanol–water partition coefficient (Wildman–Crippen LogP) is 7.54. The van der Waals surface area contributed by atoms with Gasteiger partial charge in [-0.1, -0.05) is 91.0 Å². The van der Waals surface area contributed by atoms with Crippen molar-refractivity contribution in [1.82, 2.24) is 4.90 Å². The number of hydrogen-bond donors (Lipinski definition) is 1. The van der Waals surface area contributed by atoms with E-state index in [0.29, 0.717) is 5.75 Å². The van der Waals surface area contributed by atoms with Gasteiger partial charge in [0.15, 0.2) is 0 Å². The first-order chi connectivity index (χ1) is 17.4. The van der Waals surface area contributed by atoms with Gasteiger partial charge in [-0.15, -0.1) is 0 Å². The molecule has 2 amide bonds. The maximum Gasteiger partial charge on any atom is 0.418 e. The summed E-state index contributed by atoms with van der Waals surface area (Å²) in [4.78, 5) is 15.3. The molecule has 0 fully saturated rings. The van der Waals surface area contributed by atoms with Crippen molar-refractivity contribution in [2.75, 3.05) is 12.4 Å². The fourth-order valence-corrected chi connectivity index (χ4v) is 4.15. The van der Waals surface area contributed by atoms with Crippen molar-refractivity contribution >= 4 is 11.7 Å². The number of nitrogens with zero attached hydrogens (tertiary/aromatic N) is 1. The molecular weight excluding hydrogens is 465 g/mol. The van der Waals surface area contributed by atoms with Crippen molar-refractivity contribution in [3.05, 3.63) is 131 Å². The lowest BCUT2D eigenvalue weighted by atomic mass is 9.96. The summed E-state index contributed by atoms with van der Waals surface area (Å²) in [5.74, 6) is 0.575. The van der Waals surface area contributed by atoms with Crippen LogP contribution in [-0.4, -0.2) is 18.0 Å². The van der Waals surface area contributed by atoms with Crippen LogP contribution in [-0.2, 0) is 12.7 Å². The van der Waals surface area contributed by atoms with Crippen LogP contribution < -0.4 is 10.1 Å². The van der Waals surface area contributed by atoms with Gasteiger partial charge in [0, 0.05) is 5.56 Å². The van der Waals surface area contributed by atoms with Crippen molar-refractivity contribution in [2.45, 2.75) is 18.8 Å². The number of carbonyl (C=O) groups excluding carboxylic acids is 1. The largest absolute Gasteiger partial charge is 0.496 e. The minimum Gasteiger partial charge on any atom is -0.496 e. The molecule has 0 aliphatic carbocycles. The second-order valence-electron chi connectivity index (χ2n) is 8.14. The average Bonchev–Trinajstić information content (AvgIpc) is 2.89. The van der Waals surface area contributed by atoms with E-state index in [9.17, 15) is 18.0 Å². The van der Waals surface area contributed by atoms with Gasteiger partial charge in [-0.2, -0.15) is 13.2 Å². The number of benzene rings is 4. The molecule has 0 aromatic heterocycles. The van der Waals surface area contributed by atoms with Gasteiger partial charge in [0.1, 0.15) is 5.75 Å². The standard InChI is InChI=1S/C29H25F3N2O2/c1-36-26-19-11-8-16-23(26)20-34(28(35)33-25-18-10-9-17-24(25)29(30,31)32)27(21-12-4-2-5-13-21)22-14-6-3-7-15-22/h2-19,27H,20H2,1H3,(H,33,35). The molecule has 0 atom stereocenters. The highest BCUT2D eigenvalue weighted by Gasteiger charge is 2.35. The number of hydrogen-bond acceptors (Lipinski definition) is 2. The molecule has 0 saturated heterocycles. The lowest BCUT2D eigenvalue weighted by molar-refractivity contribution is -0.136. The molecule has 1 N–H and O–H groups in total. The van der Waals surface area contributed by atoms with E-state index in [0.717, 1.165) is 22.8 Å². The summed E-state index contributed by atoms with van der Waals surface area (Å²) in [6.07, 6.45) is -4.62. The van der Waals surface area contributed by atoms with Crippen molar-refractivity contribution in [1.29, 1.82) is 0 Å². The van der Waals surface area contributed by atoms with E-state index in [1.165, 1.54) is 30.2 Å². The lowest BCUT2D eigenvalue weighted by Crippen LogP contribution is -2.38. The third kappa shape index (κ3) is 5.68. The minimum absolute atomic E-state index is 0.0957. The first-order valence-electron chi connectivity index (χ1n) is 11.3. The highest BCUT2D eigenvalue weighted by Crippen LogP contribution is 2.36. The number of amides is 2. The molecule has 4 rings (SSSR count). The van der Waals surface area contributed by atoms with Crippen LogP contribution >= 0.6 is 0 Å². The van der Waals surface area contributed by atoms with Gasteiger partial charge >= 0.3 is 12.2 Å². The molecular formula is C29H25F3N2O2. The first-order valence-corrected chi connectivity index (χ1v) is 11.3. The highest BCUT2D eigenvalue weighted by molar-refractivity contribution is 5.91. The quantitative estimate of drug-likeness (QED) is 0.291. The van der Waals surface area contributed by atoms with Gasteiger partial charge in [0.25, 0.3) is 0 Å². The maximum absolute atomic E-state index is 13.8. The Morgan fingerprint density at radius 1 is 0.806 bits per heavy atom. The average molecular weight is 491 g/mol. The summed E-state index contributed by atoms with van der Waals surface area (Å²) in [7, 11) is 1.54. The molecule has 36 heavy (non-hydrogen) atoms. The monoisotopic (exact) mass is 490 g/mol. The zero-order chi connectivity index (χ0) is 25.5. The summed E-state index contributed by atoms with van der Waals surface area (Å²) in [5, 5.41) is 2.52. The maximum atomic E-state index is 13.8. The Morgan fingerprint density at radius 2 is 1.33 bits per heavy atom. The van der Waals surface area contributed by atoms with Gasteiger partial charge in [-0.25, -0.2) is 4.79 Å². The first kappa shape index (κ1) is 24.9. The number of ether oxygens (including phenoxy) is 1. The van der Waals surface area contributed by atoms with E-state index in [1.54, 1.807) is 6.07 Å². The molecule has 0 aliphatic rings. The zero-order valence-electron chi connectivity index (χ0n) is 19.6. The van der Waals surface area contributed by atoms with Crippen LogP contribution in [0.15, 0.2) is 109 Å². The number of rotatable bonds is 7. The number of urea groups is 1. The summed E-state index contributed by atoms with van der Waals surface area (Å²) < 4.78 is 46.4. The fourth-order valence-electron chi connectivity index (χ4n) is 4.15. The molecule has 4 aromatic carbocycles. The Balaban J connectivity index is 1.82. The summed E-state index contributed by atoms with van der Waals surface area (Å²) >= 11 is 0. The van der Waals surface area contributed by atoms with Gasteiger partial charge in [0.05, 0.1) is 30.9 Å². The fraction of sp³-hybridized carbons (Fsp3) is 0.138. The third-order valence-corrected chi connectivity index (χ3v) is 5.81.